The van der Waals surface area contributed by atoms with E-state index in [-0.39, 0.29) is 0 Å². The number of nitrogens with zero attached hydrogens (tertiary/aromatic N) is 3. The van der Waals surface area contributed by atoms with Crippen molar-refractivity contribution in [3.63, 3.8) is 0 Å². The van der Waals surface area contributed by atoms with Crippen LogP contribution in [-0.2, 0) is 6.42 Å². The first-order valence-electron chi connectivity index (χ1n) is 6.37. The highest BCUT2D eigenvalue weighted by Gasteiger charge is 2.14. The monoisotopic (exact) mass is 381 g/mol. The smallest absolute Gasteiger partial charge is 0.163 e. The molecule has 0 bridgehead atoms. The molecular weight excluding hydrogens is 373 g/mol. The van der Waals surface area contributed by atoms with E-state index >= 15 is 0 Å². The fourth-order valence-corrected chi connectivity index (χ4v) is 3.00. The number of aromatic nitrogens is 3. The molecule has 0 aliphatic carbocycles. The summed E-state index contributed by atoms with van der Waals surface area (Å²) in [5.41, 5.74) is 2.45. The van der Waals surface area contributed by atoms with Gasteiger partial charge in [-0.05, 0) is 46.6 Å². The molecule has 2 heterocycles. The lowest BCUT2D eigenvalue weighted by atomic mass is 10.1. The van der Waals surface area contributed by atoms with Crippen LogP contribution in [0.4, 0.5) is 0 Å². The van der Waals surface area contributed by atoms with E-state index in [9.17, 15) is 0 Å². The van der Waals surface area contributed by atoms with E-state index in [0.717, 1.165) is 33.1 Å². The molecule has 3 nitrogen and oxygen atoms in total. The Labute approximate surface area is 140 Å². The maximum Gasteiger partial charge on any atom is 0.163 e. The van der Waals surface area contributed by atoms with E-state index < -0.39 is 0 Å². The van der Waals surface area contributed by atoms with Gasteiger partial charge in [0.25, 0.3) is 0 Å². The van der Waals surface area contributed by atoms with Gasteiger partial charge < -0.3 is 0 Å². The molecule has 106 valence electrons. The summed E-state index contributed by atoms with van der Waals surface area (Å²) in [5.74, 6) is 0.556. The van der Waals surface area contributed by atoms with Gasteiger partial charge in [0, 0.05) is 17.1 Å². The van der Waals surface area contributed by atoms with E-state index in [1.54, 1.807) is 6.20 Å². The van der Waals surface area contributed by atoms with Gasteiger partial charge in [-0.3, -0.25) is 4.98 Å². The number of hydrogen-bond acceptors (Lipinski definition) is 3. The fraction of sp³-hybridized carbons (Fsp3) is 0.133. The molecule has 0 saturated carbocycles. The summed E-state index contributed by atoms with van der Waals surface area (Å²) >= 11 is 15.8. The largest absolute Gasteiger partial charge is 0.255 e. The van der Waals surface area contributed by atoms with Crippen molar-refractivity contribution in [3.8, 4) is 11.4 Å². The number of rotatable bonds is 2. The molecule has 0 radical (unpaired) electrons. The molecule has 2 aromatic heterocycles. The van der Waals surface area contributed by atoms with Gasteiger partial charge in [-0.25, -0.2) is 9.97 Å². The van der Waals surface area contributed by atoms with Gasteiger partial charge in [-0.2, -0.15) is 0 Å². The zero-order valence-corrected chi connectivity index (χ0v) is 14.2. The lowest BCUT2D eigenvalue weighted by molar-refractivity contribution is 0.991. The lowest BCUT2D eigenvalue weighted by Crippen LogP contribution is -1.98. The summed E-state index contributed by atoms with van der Waals surface area (Å²) in [7, 11) is 0. The maximum atomic E-state index is 6.22. The SMILES string of the molecule is CCc1nc(-c2ccc(Cl)c3cccnc23)nc(Cl)c1Br. The molecule has 6 heteroatoms. The number of halogens is 3. The Balaban J connectivity index is 2.31. The highest BCUT2D eigenvalue weighted by Crippen LogP contribution is 2.32. The average molecular weight is 383 g/mol. The predicted molar refractivity (Wildman–Crippen MR) is 89.9 cm³/mol. The third kappa shape index (κ3) is 2.63. The molecular formula is C15H10BrCl2N3. The van der Waals surface area contributed by atoms with Crippen LogP contribution < -0.4 is 0 Å². The van der Waals surface area contributed by atoms with E-state index in [1.807, 2.05) is 31.2 Å². The quantitative estimate of drug-likeness (QED) is 0.562. The van der Waals surface area contributed by atoms with Crippen LogP contribution in [0.3, 0.4) is 0 Å². The van der Waals surface area contributed by atoms with Gasteiger partial charge in [0.05, 0.1) is 20.7 Å². The second kappa shape index (κ2) is 5.87. The Morgan fingerprint density at radius 1 is 1.14 bits per heavy atom. The minimum absolute atomic E-state index is 0.399. The summed E-state index contributed by atoms with van der Waals surface area (Å²) < 4.78 is 0.738. The third-order valence-corrected chi connectivity index (χ3v) is 4.84. The van der Waals surface area contributed by atoms with Crippen LogP contribution in [0.1, 0.15) is 12.6 Å². The second-order valence-corrected chi connectivity index (χ2v) is 6.00. The van der Waals surface area contributed by atoms with Crippen molar-refractivity contribution < 1.29 is 0 Å². The molecule has 0 spiro atoms. The fourth-order valence-electron chi connectivity index (χ4n) is 2.14. The van der Waals surface area contributed by atoms with E-state index in [2.05, 4.69) is 30.9 Å². The Hall–Kier alpha value is -1.23. The molecule has 0 amide bonds. The Bertz CT molecular complexity index is 837. The standard InChI is InChI=1S/C15H10BrCl2N3/c1-2-11-12(16)14(18)21-15(20-11)9-5-6-10(17)8-4-3-7-19-13(8)9/h3-7H,2H2,1H3. The topological polar surface area (TPSA) is 38.7 Å². The molecule has 0 aliphatic heterocycles. The third-order valence-electron chi connectivity index (χ3n) is 3.17. The van der Waals surface area contributed by atoms with Crippen molar-refractivity contribution >= 4 is 50.0 Å². The molecule has 1 aromatic carbocycles. The second-order valence-electron chi connectivity index (χ2n) is 4.45. The van der Waals surface area contributed by atoms with Crippen LogP contribution in [-0.4, -0.2) is 15.0 Å². The summed E-state index contributed by atoms with van der Waals surface area (Å²) in [6, 6.07) is 7.47. The predicted octanol–water partition coefficient (Wildman–Crippen LogP) is 5.32. The molecule has 21 heavy (non-hydrogen) atoms. The van der Waals surface area contributed by atoms with E-state index in [4.69, 9.17) is 23.2 Å². The zero-order chi connectivity index (χ0) is 15.0. The number of benzene rings is 1. The normalized spacial score (nSPS) is 11.0. The molecule has 0 atom stereocenters. The van der Waals surface area contributed by atoms with Crippen LogP contribution in [0.2, 0.25) is 10.2 Å². The van der Waals surface area contributed by atoms with Gasteiger partial charge >= 0.3 is 0 Å². The van der Waals surface area contributed by atoms with Crippen LogP contribution in [0, 0.1) is 0 Å². The van der Waals surface area contributed by atoms with Crippen molar-refractivity contribution in [1.29, 1.82) is 0 Å². The van der Waals surface area contributed by atoms with Gasteiger partial charge in [0.1, 0.15) is 5.15 Å². The minimum Gasteiger partial charge on any atom is -0.255 e. The molecule has 0 unspecified atom stereocenters. The molecule has 0 saturated heterocycles. The number of pyridine rings is 1. The highest BCUT2D eigenvalue weighted by molar-refractivity contribution is 9.10. The van der Waals surface area contributed by atoms with Gasteiger partial charge in [-0.15, -0.1) is 0 Å². The minimum atomic E-state index is 0.399. The highest BCUT2D eigenvalue weighted by atomic mass is 79.9. The average Bonchev–Trinajstić information content (AvgIpc) is 2.51. The van der Waals surface area contributed by atoms with E-state index in [1.165, 1.54) is 0 Å². The first-order chi connectivity index (χ1) is 10.1. The van der Waals surface area contributed by atoms with Crippen molar-refractivity contribution in [2.75, 3.05) is 0 Å². The van der Waals surface area contributed by atoms with Crippen molar-refractivity contribution in [2.24, 2.45) is 0 Å². The Morgan fingerprint density at radius 2 is 1.95 bits per heavy atom. The molecule has 3 aromatic rings. The summed E-state index contributed by atoms with van der Waals surface area (Å²) in [6.45, 7) is 2.02. The van der Waals surface area contributed by atoms with Crippen molar-refractivity contribution in [1.82, 2.24) is 15.0 Å². The Morgan fingerprint density at radius 3 is 2.71 bits per heavy atom. The first-order valence-corrected chi connectivity index (χ1v) is 7.92. The first kappa shape index (κ1) is 14.7. The van der Waals surface area contributed by atoms with Crippen LogP contribution in [0.5, 0.6) is 0 Å². The van der Waals surface area contributed by atoms with Crippen molar-refractivity contribution in [2.45, 2.75) is 13.3 Å². The Kier molecular flexibility index (Phi) is 4.11. The summed E-state index contributed by atoms with van der Waals surface area (Å²) in [5, 5.41) is 1.93. The number of hydrogen-bond donors (Lipinski definition) is 0. The summed E-state index contributed by atoms with van der Waals surface area (Å²) in [6.07, 6.45) is 2.48. The molecule has 0 aliphatic rings. The molecule has 3 rings (SSSR count). The number of aryl methyl sites for hydroxylation is 1. The van der Waals surface area contributed by atoms with Gasteiger partial charge in [-0.1, -0.05) is 30.1 Å². The van der Waals surface area contributed by atoms with E-state index in [0.29, 0.717) is 16.0 Å². The lowest BCUT2D eigenvalue weighted by Gasteiger charge is -2.09. The maximum absolute atomic E-state index is 6.22. The van der Waals surface area contributed by atoms with Crippen LogP contribution in [0.25, 0.3) is 22.3 Å². The summed E-state index contributed by atoms with van der Waals surface area (Å²) in [4.78, 5) is 13.3. The number of fused-ring (bicyclic) bond motifs is 1. The van der Waals surface area contributed by atoms with Crippen LogP contribution >= 0.6 is 39.1 Å². The van der Waals surface area contributed by atoms with Crippen LogP contribution in [0.15, 0.2) is 34.9 Å². The van der Waals surface area contributed by atoms with Gasteiger partial charge in [0.15, 0.2) is 5.82 Å². The molecule has 0 fully saturated rings. The van der Waals surface area contributed by atoms with Gasteiger partial charge in [0.2, 0.25) is 0 Å². The van der Waals surface area contributed by atoms with Crippen molar-refractivity contribution in [3.05, 3.63) is 50.8 Å². The zero-order valence-electron chi connectivity index (χ0n) is 11.1. The molecule has 0 N–H and O–H groups in total.